The molecule has 3 nitrogen and oxygen atoms in total. The standard InChI is InChI=1S/C9H5ClF5NO2/c10-2-6-4(3-17)1-5(7(11)12)8(16-6)18-9(13,14)15/h1,3,7H,2H2. The van der Waals surface area contributed by atoms with Gasteiger partial charge in [-0.2, -0.15) is 0 Å². The number of hydrogen-bond acceptors (Lipinski definition) is 3. The zero-order valence-electron chi connectivity index (χ0n) is 8.47. The Labute approximate surface area is 103 Å². The zero-order valence-corrected chi connectivity index (χ0v) is 9.23. The van der Waals surface area contributed by atoms with Crippen molar-refractivity contribution < 1.29 is 31.5 Å². The Morgan fingerprint density at radius 3 is 2.44 bits per heavy atom. The van der Waals surface area contributed by atoms with Crippen molar-refractivity contribution in [2.45, 2.75) is 18.7 Å². The van der Waals surface area contributed by atoms with Crippen molar-refractivity contribution in [3.8, 4) is 5.88 Å². The van der Waals surface area contributed by atoms with Gasteiger partial charge < -0.3 is 4.74 Å². The van der Waals surface area contributed by atoms with Crippen LogP contribution in [0.25, 0.3) is 0 Å². The summed E-state index contributed by atoms with van der Waals surface area (Å²) in [5.41, 5.74) is -1.70. The molecule has 1 aromatic rings. The number of aromatic nitrogens is 1. The van der Waals surface area contributed by atoms with Crippen LogP contribution in [0, 0.1) is 0 Å². The first kappa shape index (κ1) is 14.6. The van der Waals surface area contributed by atoms with E-state index in [1.165, 1.54) is 0 Å². The van der Waals surface area contributed by atoms with E-state index in [9.17, 15) is 26.7 Å². The van der Waals surface area contributed by atoms with Gasteiger partial charge in [0.1, 0.15) is 0 Å². The van der Waals surface area contributed by atoms with Gasteiger partial charge in [0.2, 0.25) is 5.88 Å². The minimum Gasteiger partial charge on any atom is -0.387 e. The Kier molecular flexibility index (Phi) is 4.44. The van der Waals surface area contributed by atoms with Gasteiger partial charge in [0, 0.05) is 5.56 Å². The minimum atomic E-state index is -5.16. The molecule has 0 amide bonds. The molecule has 0 unspecified atom stereocenters. The number of carbonyl (C=O) groups excluding carboxylic acids is 1. The van der Waals surface area contributed by atoms with Crippen LogP contribution in [0.5, 0.6) is 5.88 Å². The second-order valence-electron chi connectivity index (χ2n) is 3.02. The molecule has 0 aromatic carbocycles. The Morgan fingerprint density at radius 1 is 1.44 bits per heavy atom. The fourth-order valence-electron chi connectivity index (χ4n) is 1.12. The number of alkyl halides is 6. The van der Waals surface area contributed by atoms with E-state index in [0.717, 1.165) is 0 Å². The molecule has 1 heterocycles. The summed E-state index contributed by atoms with van der Waals surface area (Å²) < 4.78 is 64.4. The topological polar surface area (TPSA) is 39.2 Å². The molecule has 100 valence electrons. The average molecular weight is 290 g/mol. The quantitative estimate of drug-likeness (QED) is 0.484. The van der Waals surface area contributed by atoms with Gasteiger partial charge in [-0.1, -0.05) is 0 Å². The maximum atomic E-state index is 12.5. The fraction of sp³-hybridized carbons (Fsp3) is 0.333. The smallest absolute Gasteiger partial charge is 0.387 e. The van der Waals surface area contributed by atoms with Gasteiger partial charge in [0.15, 0.2) is 6.29 Å². The predicted octanol–water partition coefficient (Wildman–Crippen LogP) is 3.47. The first-order valence-corrected chi connectivity index (χ1v) is 4.90. The third-order valence-electron chi connectivity index (χ3n) is 1.83. The molecule has 0 aliphatic heterocycles. The largest absolute Gasteiger partial charge is 0.574 e. The highest BCUT2D eigenvalue weighted by atomic mass is 35.5. The third kappa shape index (κ3) is 3.52. The molecule has 0 saturated heterocycles. The summed E-state index contributed by atoms with van der Waals surface area (Å²) in [5, 5.41) is 0. The summed E-state index contributed by atoms with van der Waals surface area (Å²) in [5.74, 6) is -1.72. The average Bonchev–Trinajstić information content (AvgIpc) is 2.25. The second kappa shape index (κ2) is 5.47. The molecule has 0 aliphatic rings. The predicted molar refractivity (Wildman–Crippen MR) is 50.8 cm³/mol. The van der Waals surface area contributed by atoms with Crippen LogP contribution in [0.4, 0.5) is 22.0 Å². The highest BCUT2D eigenvalue weighted by molar-refractivity contribution is 6.17. The van der Waals surface area contributed by atoms with Gasteiger partial charge in [0.05, 0.1) is 17.1 Å². The lowest BCUT2D eigenvalue weighted by Crippen LogP contribution is -2.20. The molecule has 18 heavy (non-hydrogen) atoms. The molecule has 0 spiro atoms. The lowest BCUT2D eigenvalue weighted by Gasteiger charge is -2.13. The van der Waals surface area contributed by atoms with E-state index < -0.39 is 30.1 Å². The van der Waals surface area contributed by atoms with Crippen molar-refractivity contribution in [2.24, 2.45) is 0 Å². The van der Waals surface area contributed by atoms with Crippen LogP contribution in [0.15, 0.2) is 6.07 Å². The lowest BCUT2D eigenvalue weighted by molar-refractivity contribution is -0.276. The first-order chi connectivity index (χ1) is 8.28. The van der Waals surface area contributed by atoms with Crippen molar-refractivity contribution in [2.75, 3.05) is 0 Å². The van der Waals surface area contributed by atoms with E-state index in [-0.39, 0.29) is 17.5 Å². The summed E-state index contributed by atoms with van der Waals surface area (Å²) in [6.07, 6.45) is -8.26. The van der Waals surface area contributed by atoms with Gasteiger partial charge in [-0.15, -0.1) is 24.8 Å². The highest BCUT2D eigenvalue weighted by Gasteiger charge is 2.34. The summed E-state index contributed by atoms with van der Waals surface area (Å²) in [6, 6.07) is 0.573. The molecule has 0 bridgehead atoms. The summed E-state index contributed by atoms with van der Waals surface area (Å²) in [4.78, 5) is 13.7. The van der Waals surface area contributed by atoms with Crippen LogP contribution in [0.1, 0.15) is 28.0 Å². The molecule has 0 N–H and O–H groups in total. The molecular weight excluding hydrogens is 285 g/mol. The number of hydrogen-bond donors (Lipinski definition) is 0. The van der Waals surface area contributed by atoms with Crippen molar-refractivity contribution in [3.63, 3.8) is 0 Å². The van der Waals surface area contributed by atoms with E-state index in [4.69, 9.17) is 11.6 Å². The van der Waals surface area contributed by atoms with Gasteiger partial charge >= 0.3 is 6.36 Å². The summed E-state index contributed by atoms with van der Waals surface area (Å²) >= 11 is 5.34. The van der Waals surface area contributed by atoms with Crippen LogP contribution in [0.2, 0.25) is 0 Å². The Balaban J connectivity index is 3.33. The first-order valence-electron chi connectivity index (χ1n) is 4.37. The Bertz CT molecular complexity index is 449. The Hall–Kier alpha value is -1.44. The molecule has 0 atom stereocenters. The van der Waals surface area contributed by atoms with E-state index >= 15 is 0 Å². The van der Waals surface area contributed by atoms with E-state index in [2.05, 4.69) is 9.72 Å². The molecule has 1 rings (SSSR count). The SMILES string of the molecule is O=Cc1cc(C(F)F)c(OC(F)(F)F)nc1CCl. The zero-order chi connectivity index (χ0) is 13.9. The lowest BCUT2D eigenvalue weighted by atomic mass is 10.1. The Morgan fingerprint density at radius 2 is 2.06 bits per heavy atom. The van der Waals surface area contributed by atoms with Crippen LogP contribution in [-0.4, -0.2) is 17.6 Å². The molecule has 0 radical (unpaired) electrons. The van der Waals surface area contributed by atoms with Gasteiger partial charge in [-0.3, -0.25) is 4.79 Å². The maximum absolute atomic E-state index is 12.5. The van der Waals surface area contributed by atoms with Crippen molar-refractivity contribution >= 4 is 17.9 Å². The fourth-order valence-corrected chi connectivity index (χ4v) is 1.34. The van der Waals surface area contributed by atoms with Crippen LogP contribution >= 0.6 is 11.6 Å². The molecule has 9 heteroatoms. The van der Waals surface area contributed by atoms with Crippen LogP contribution in [0.3, 0.4) is 0 Å². The van der Waals surface area contributed by atoms with E-state index in [1.807, 2.05) is 0 Å². The minimum absolute atomic E-state index is 0.175. The second-order valence-corrected chi connectivity index (χ2v) is 3.29. The van der Waals surface area contributed by atoms with Gasteiger partial charge in [-0.25, -0.2) is 13.8 Å². The molecule has 1 aromatic heterocycles. The highest BCUT2D eigenvalue weighted by Crippen LogP contribution is 2.32. The third-order valence-corrected chi connectivity index (χ3v) is 2.08. The monoisotopic (exact) mass is 289 g/mol. The van der Waals surface area contributed by atoms with Gasteiger partial charge in [-0.05, 0) is 6.07 Å². The number of aldehydes is 1. The maximum Gasteiger partial charge on any atom is 0.574 e. The van der Waals surface area contributed by atoms with Crippen LogP contribution in [-0.2, 0) is 5.88 Å². The van der Waals surface area contributed by atoms with Gasteiger partial charge in [0.25, 0.3) is 6.43 Å². The number of rotatable bonds is 4. The van der Waals surface area contributed by atoms with Crippen molar-refractivity contribution in [1.82, 2.24) is 4.98 Å². The van der Waals surface area contributed by atoms with E-state index in [1.54, 1.807) is 0 Å². The van der Waals surface area contributed by atoms with Crippen molar-refractivity contribution in [3.05, 3.63) is 22.9 Å². The summed E-state index contributed by atoms with van der Waals surface area (Å²) in [7, 11) is 0. The number of pyridine rings is 1. The number of carbonyl (C=O) groups is 1. The number of ether oxygens (including phenoxy) is 1. The molecule has 0 fully saturated rings. The molecule has 0 aliphatic carbocycles. The number of nitrogens with zero attached hydrogens (tertiary/aromatic N) is 1. The molecular formula is C9H5ClF5NO2. The summed E-state index contributed by atoms with van der Waals surface area (Å²) in [6.45, 7) is 0. The van der Waals surface area contributed by atoms with Crippen LogP contribution < -0.4 is 4.74 Å². The molecule has 0 saturated carbocycles. The normalized spacial score (nSPS) is 11.7. The number of halogens is 6. The van der Waals surface area contributed by atoms with E-state index in [0.29, 0.717) is 6.07 Å². The van der Waals surface area contributed by atoms with Crippen molar-refractivity contribution in [1.29, 1.82) is 0 Å².